The van der Waals surface area contributed by atoms with Crippen molar-refractivity contribution in [2.24, 2.45) is 0 Å². The number of amides is 1. The van der Waals surface area contributed by atoms with Gasteiger partial charge in [-0.15, -0.1) is 11.3 Å². The fraction of sp³-hybridized carbons (Fsp3) is 0.111. The molecule has 0 unspecified atom stereocenters. The first-order valence-corrected chi connectivity index (χ1v) is 13.2. The van der Waals surface area contributed by atoms with E-state index in [0.717, 1.165) is 21.6 Å². The van der Waals surface area contributed by atoms with Gasteiger partial charge in [-0.2, -0.15) is 0 Å². The molecule has 0 fully saturated rings. The van der Waals surface area contributed by atoms with Crippen molar-refractivity contribution in [1.29, 1.82) is 0 Å². The molecule has 3 aromatic carbocycles. The molecule has 184 valence electrons. The zero-order chi connectivity index (χ0) is 25.8. The number of nitrogens with zero attached hydrogens (tertiary/aromatic N) is 1. The number of aliphatic carboxylic acids is 1. The van der Waals surface area contributed by atoms with Crippen LogP contribution >= 0.6 is 57.7 Å². The Labute approximate surface area is 232 Å². The Morgan fingerprint density at radius 2 is 1.58 bits per heavy atom. The van der Waals surface area contributed by atoms with Gasteiger partial charge in [-0.05, 0) is 58.5 Å². The lowest BCUT2D eigenvalue weighted by molar-refractivity contribution is -0.142. The number of hydrogen-bond acceptors (Lipinski definition) is 3. The molecule has 0 saturated carbocycles. The van der Waals surface area contributed by atoms with Gasteiger partial charge in [0, 0.05) is 16.3 Å². The van der Waals surface area contributed by atoms with Crippen LogP contribution in [0.4, 0.5) is 0 Å². The van der Waals surface area contributed by atoms with Crippen LogP contribution in [0.3, 0.4) is 0 Å². The molecule has 1 aromatic heterocycles. The Morgan fingerprint density at radius 3 is 2.25 bits per heavy atom. The predicted molar refractivity (Wildman–Crippen MR) is 148 cm³/mol. The molecule has 0 radical (unpaired) electrons. The van der Waals surface area contributed by atoms with Crippen molar-refractivity contribution in [2.45, 2.75) is 19.0 Å². The van der Waals surface area contributed by atoms with E-state index in [1.807, 2.05) is 47.8 Å². The molecule has 4 nitrogen and oxygen atoms in total. The van der Waals surface area contributed by atoms with Crippen LogP contribution < -0.4 is 0 Å². The molecule has 1 N–H and O–H groups in total. The summed E-state index contributed by atoms with van der Waals surface area (Å²) in [6, 6.07) is 19.8. The van der Waals surface area contributed by atoms with Gasteiger partial charge in [0.25, 0.3) is 5.91 Å². The number of hydrogen-bond donors (Lipinski definition) is 1. The van der Waals surface area contributed by atoms with Gasteiger partial charge >= 0.3 is 5.97 Å². The van der Waals surface area contributed by atoms with Gasteiger partial charge in [-0.3, -0.25) is 4.79 Å². The van der Waals surface area contributed by atoms with Crippen LogP contribution in [-0.2, 0) is 17.8 Å². The average molecular weight is 579 g/mol. The molecule has 4 aromatic rings. The van der Waals surface area contributed by atoms with E-state index in [9.17, 15) is 14.7 Å². The Morgan fingerprint density at radius 1 is 0.833 bits per heavy atom. The van der Waals surface area contributed by atoms with Crippen molar-refractivity contribution in [2.75, 3.05) is 0 Å². The number of carbonyl (C=O) groups is 2. The summed E-state index contributed by atoms with van der Waals surface area (Å²) in [4.78, 5) is 28.3. The topological polar surface area (TPSA) is 57.6 Å². The summed E-state index contributed by atoms with van der Waals surface area (Å²) < 4.78 is 0. The highest BCUT2D eigenvalue weighted by atomic mass is 35.5. The van der Waals surface area contributed by atoms with Crippen LogP contribution in [0.15, 0.2) is 78.2 Å². The first-order chi connectivity index (χ1) is 17.2. The third kappa shape index (κ3) is 6.23. The van der Waals surface area contributed by atoms with Gasteiger partial charge in [0.05, 0.1) is 27.2 Å². The average Bonchev–Trinajstić information content (AvgIpc) is 3.32. The number of thiophene rings is 1. The van der Waals surface area contributed by atoms with Gasteiger partial charge < -0.3 is 10.0 Å². The largest absolute Gasteiger partial charge is 0.480 e. The summed E-state index contributed by atoms with van der Waals surface area (Å²) in [5.41, 5.74) is 2.74. The highest BCUT2D eigenvalue weighted by Crippen LogP contribution is 2.32. The van der Waals surface area contributed by atoms with Crippen LogP contribution in [0, 0.1) is 0 Å². The van der Waals surface area contributed by atoms with E-state index >= 15 is 0 Å². The fourth-order valence-electron chi connectivity index (χ4n) is 3.77. The zero-order valence-corrected chi connectivity index (χ0v) is 22.5. The SMILES string of the molecule is O=C(O)[C@H](Cc1ccccc1)N(Cc1cc(-c2ccc(Cl)c(Cl)c2)cs1)C(=O)c1ccc(Cl)cc1Cl. The molecule has 0 aliphatic heterocycles. The van der Waals surface area contributed by atoms with E-state index in [4.69, 9.17) is 46.4 Å². The maximum Gasteiger partial charge on any atom is 0.326 e. The lowest BCUT2D eigenvalue weighted by atomic mass is 10.0. The molecule has 36 heavy (non-hydrogen) atoms. The van der Waals surface area contributed by atoms with E-state index < -0.39 is 17.9 Å². The van der Waals surface area contributed by atoms with Gasteiger partial charge in [0.2, 0.25) is 0 Å². The Bertz CT molecular complexity index is 1410. The number of carboxylic acids is 1. The number of rotatable bonds is 8. The van der Waals surface area contributed by atoms with E-state index in [0.29, 0.717) is 15.1 Å². The molecular formula is C27H19Cl4NO3S. The monoisotopic (exact) mass is 577 g/mol. The van der Waals surface area contributed by atoms with Gasteiger partial charge in [-0.25, -0.2) is 4.79 Å². The van der Waals surface area contributed by atoms with E-state index in [2.05, 4.69) is 0 Å². The first kappa shape index (κ1) is 26.5. The Hall–Kier alpha value is -2.54. The molecule has 0 bridgehead atoms. The van der Waals surface area contributed by atoms with Crippen LogP contribution in [0.25, 0.3) is 11.1 Å². The summed E-state index contributed by atoms with van der Waals surface area (Å²) in [7, 11) is 0. The van der Waals surface area contributed by atoms with Gasteiger partial charge in [0.1, 0.15) is 6.04 Å². The minimum Gasteiger partial charge on any atom is -0.480 e. The lowest BCUT2D eigenvalue weighted by Crippen LogP contribution is -2.46. The normalized spacial score (nSPS) is 11.8. The summed E-state index contributed by atoms with van der Waals surface area (Å²) >= 11 is 26.0. The Kier molecular flexibility index (Phi) is 8.60. The quantitative estimate of drug-likeness (QED) is 0.228. The maximum atomic E-state index is 13.7. The fourth-order valence-corrected chi connectivity index (χ4v) is 5.45. The molecule has 0 saturated heterocycles. The number of halogens is 4. The summed E-state index contributed by atoms with van der Waals surface area (Å²) in [6.45, 7) is 0.0770. The van der Waals surface area contributed by atoms with Crippen molar-refractivity contribution in [3.8, 4) is 11.1 Å². The van der Waals surface area contributed by atoms with Crippen molar-refractivity contribution in [3.63, 3.8) is 0 Å². The second-order valence-corrected chi connectivity index (χ2v) is 10.7. The zero-order valence-electron chi connectivity index (χ0n) is 18.6. The van der Waals surface area contributed by atoms with Gasteiger partial charge in [0.15, 0.2) is 0 Å². The van der Waals surface area contributed by atoms with Crippen LogP contribution in [0.5, 0.6) is 0 Å². The smallest absolute Gasteiger partial charge is 0.326 e. The maximum absolute atomic E-state index is 13.7. The predicted octanol–water partition coefficient (Wildman–Crippen LogP) is 8.37. The molecule has 4 rings (SSSR count). The molecule has 0 aliphatic rings. The highest BCUT2D eigenvalue weighted by molar-refractivity contribution is 7.10. The van der Waals surface area contributed by atoms with Crippen molar-refractivity contribution in [3.05, 3.63) is 114 Å². The number of carbonyl (C=O) groups excluding carboxylic acids is 1. The summed E-state index contributed by atoms with van der Waals surface area (Å²) in [5, 5.41) is 13.5. The van der Waals surface area contributed by atoms with E-state index in [1.165, 1.54) is 28.4 Å². The minimum absolute atomic E-state index is 0.0770. The third-order valence-electron chi connectivity index (χ3n) is 5.59. The lowest BCUT2D eigenvalue weighted by Gasteiger charge is -2.29. The van der Waals surface area contributed by atoms with Crippen LogP contribution in [-0.4, -0.2) is 27.9 Å². The van der Waals surface area contributed by atoms with Crippen LogP contribution in [0.1, 0.15) is 20.8 Å². The van der Waals surface area contributed by atoms with Crippen LogP contribution in [0.2, 0.25) is 20.1 Å². The summed E-state index contributed by atoms with van der Waals surface area (Å²) in [6.07, 6.45) is 0.137. The van der Waals surface area contributed by atoms with E-state index in [1.54, 1.807) is 18.2 Å². The molecule has 1 atom stereocenters. The molecule has 9 heteroatoms. The van der Waals surface area contributed by atoms with Gasteiger partial charge in [-0.1, -0.05) is 82.8 Å². The molecule has 1 amide bonds. The minimum atomic E-state index is -1.12. The molecule has 0 aliphatic carbocycles. The standard InChI is InChI=1S/C27H19Cl4NO3S/c28-19-7-8-21(23(30)13-19)26(33)32(25(27(34)35)10-16-4-2-1-3-5-16)14-20-11-18(15-36-20)17-6-9-22(29)24(31)12-17/h1-9,11-13,15,25H,10,14H2,(H,34,35)/t25-/m0/s1. The van der Waals surface area contributed by atoms with Crippen molar-refractivity contribution >= 4 is 69.6 Å². The molecule has 0 spiro atoms. The number of benzene rings is 3. The van der Waals surface area contributed by atoms with Crippen molar-refractivity contribution < 1.29 is 14.7 Å². The first-order valence-electron chi connectivity index (χ1n) is 10.8. The summed E-state index contributed by atoms with van der Waals surface area (Å²) in [5.74, 6) is -1.61. The molecular weight excluding hydrogens is 560 g/mol. The number of carboxylic acid groups (broad SMARTS) is 1. The third-order valence-corrected chi connectivity index (χ3v) is 7.80. The second-order valence-electron chi connectivity index (χ2n) is 8.03. The second kappa shape index (κ2) is 11.7. The Balaban J connectivity index is 1.70. The van der Waals surface area contributed by atoms with Crippen molar-refractivity contribution in [1.82, 2.24) is 4.90 Å². The highest BCUT2D eigenvalue weighted by Gasteiger charge is 2.32. The molecule has 1 heterocycles. The van der Waals surface area contributed by atoms with E-state index in [-0.39, 0.29) is 23.6 Å².